The van der Waals surface area contributed by atoms with Gasteiger partial charge in [0, 0.05) is 48.7 Å². The Bertz CT molecular complexity index is 4580. The van der Waals surface area contributed by atoms with Crippen LogP contribution < -0.4 is 58.9 Å². The van der Waals surface area contributed by atoms with Crippen LogP contribution in [0, 0.1) is 34.1 Å². The fourth-order valence-electron chi connectivity index (χ4n) is 19.7. The highest BCUT2D eigenvalue weighted by Crippen LogP contribution is 2.60. The second-order valence-corrected chi connectivity index (χ2v) is 36.5. The number of amides is 13. The van der Waals surface area contributed by atoms with Gasteiger partial charge in [0.2, 0.25) is 47.3 Å². The van der Waals surface area contributed by atoms with E-state index < -0.39 is 162 Å². The van der Waals surface area contributed by atoms with Crippen LogP contribution in [-0.4, -0.2) is 260 Å². The molecule has 3 aromatic rings. The van der Waals surface area contributed by atoms with Gasteiger partial charge >= 0.3 is 12.1 Å². The number of urea groups is 1. The van der Waals surface area contributed by atoms with E-state index in [4.69, 9.17) is 44.4 Å². The maximum Gasteiger partial charge on any atom is 0.408 e. The van der Waals surface area contributed by atoms with Gasteiger partial charge in [-0.05, 0) is 196 Å². The number of nitrogens with zero attached hydrogens (tertiary/aromatic N) is 2. The third-order valence-electron chi connectivity index (χ3n) is 27.1. The summed E-state index contributed by atoms with van der Waals surface area (Å²) in [5.41, 5.74) is 16.7. The van der Waals surface area contributed by atoms with Crippen molar-refractivity contribution < 1.29 is 121 Å². The number of hydrogen-bond acceptors (Lipinski definition) is 28. The number of nitrogens with two attached hydrogens (primary N) is 1. The Kier molecular flexibility index (Phi) is 38.4. The summed E-state index contributed by atoms with van der Waals surface area (Å²) in [6, 6.07) is 11.2. The Morgan fingerprint density at radius 1 is 0.591 bits per heavy atom. The first-order valence-electron chi connectivity index (χ1n) is 46.0. The number of hydrogen-bond donors (Lipinski definition) is 18. The van der Waals surface area contributed by atoms with Gasteiger partial charge < -0.3 is 117 Å². The van der Waals surface area contributed by atoms with Crippen molar-refractivity contribution >= 4 is 82.6 Å². The number of nitrogens with one attached hydrogen (secondary N) is 11. The van der Waals surface area contributed by atoms with Crippen LogP contribution in [0.4, 0.5) is 21.0 Å². The molecule has 2 heterocycles. The third kappa shape index (κ3) is 27.2. The maximum absolute atomic E-state index is 14.9. The molecule has 39 nitrogen and oxygen atoms in total. The molecule has 16 atom stereocenters. The molecule has 10 rings (SSSR count). The van der Waals surface area contributed by atoms with Gasteiger partial charge in [0.05, 0.1) is 83.4 Å². The number of aliphatic hydroxyl groups is 5. The Labute approximate surface area is 768 Å². The molecule has 3 aromatic carbocycles. The number of alkyl carbamates (subject to hydrolysis) is 1. The van der Waals surface area contributed by atoms with Crippen LogP contribution in [0.15, 0.2) is 89.3 Å². The second kappa shape index (κ2) is 49.0. The molecular weight excluding hydrogens is 1710 g/mol. The predicted molar refractivity (Wildman–Crippen MR) is 478 cm³/mol. The molecule has 726 valence electrons. The van der Waals surface area contributed by atoms with Crippen molar-refractivity contribution in [3.63, 3.8) is 0 Å². The first-order valence-corrected chi connectivity index (χ1v) is 46.0. The lowest BCUT2D eigenvalue weighted by Crippen LogP contribution is -2.62. The summed E-state index contributed by atoms with van der Waals surface area (Å²) in [4.78, 5) is 163. The van der Waals surface area contributed by atoms with Crippen LogP contribution in [0.3, 0.4) is 0 Å². The number of rotatable bonds is 47. The number of anilines is 2. The van der Waals surface area contributed by atoms with E-state index in [-0.39, 0.29) is 164 Å². The number of ether oxygens (including phenoxy) is 7. The van der Waals surface area contributed by atoms with Crippen LogP contribution >= 0.6 is 0 Å². The van der Waals surface area contributed by atoms with Gasteiger partial charge in [-0.15, -0.1) is 0 Å². The molecule has 3 fully saturated rings. The summed E-state index contributed by atoms with van der Waals surface area (Å²) in [7, 11) is 0. The monoisotopic (exact) mass is 1850 g/mol. The second-order valence-electron chi connectivity index (χ2n) is 36.5. The minimum atomic E-state index is -1.66. The topological polar surface area (TPSA) is 577 Å². The number of fused-ring (bicyclic) bond motifs is 6. The average molecular weight is 1850 g/mol. The molecule has 0 aromatic heterocycles. The largest absolute Gasteiger partial charge is 0.508 e. The molecule has 5 aliphatic carbocycles. The molecule has 132 heavy (non-hydrogen) atoms. The summed E-state index contributed by atoms with van der Waals surface area (Å²) in [6.45, 7) is 10.9. The van der Waals surface area contributed by atoms with Gasteiger partial charge in [-0.25, -0.2) is 15.1 Å². The quantitative estimate of drug-likeness (QED) is 0.0215. The number of carbonyl (C=O) groups is 12. The van der Waals surface area contributed by atoms with Gasteiger partial charge in [0.25, 0.3) is 11.8 Å². The molecule has 2 aliphatic heterocycles. The summed E-state index contributed by atoms with van der Waals surface area (Å²) in [6.07, 6.45) is 3.62. The molecule has 1 unspecified atom stereocenters. The Morgan fingerprint density at radius 3 is 1.78 bits per heavy atom. The Hall–Kier alpha value is -10.5. The summed E-state index contributed by atoms with van der Waals surface area (Å²) in [5, 5.41) is 93.5. The number of aryl methyl sites for hydroxylation is 2. The standard InChI is InChI=1S/C93H134N14O25/c1-55(2)76(104-82(119)65(100-72(111)33-41-126-43-45-128-47-48-129-46-44-127-42-40-107-74(113)31-32-75(107)114)16-10-11-38-96-73(112)54-130-68-18-9-7-8-15-64(77(68)106-95)102-85-80(117)79(116)78(115)69(52-109)132-85)84(121)101-66(17-12-39-97-88(94)124)81(118)98-59-25-19-56(20-26-59)53-131-89(125)103-67(51-108)83(120)99-60-27-21-57-23-29-70-90(3,62(57)49-60)34-13-36-92(70,5)86(122)105-87(123)93(6)37-14-35-91(4)63-50-61(110)28-22-58(63)24-30-71(91)93/h19-22,25-28,31-32,49-50,55,65-71,76,78-80,85,95,102,108-110,115-117H,7-18,23-24,29-30,33-48,51-54H2,1-6H3,(H,96,112)(H,98,118)(H,99,120)(H,100,111)(H,101,121)(H,103,125)(H,104,119)(H3,94,97,124)(H,105,122,123)/b77-64-,106-95?/t65-,66+,67+,68?,69-,70-,71-,76+,78+,79+,80-,85-,90-,91-,92+,93+/m1/s1. The van der Waals surface area contributed by atoms with Crippen LogP contribution in [-0.2, 0) is 111 Å². The van der Waals surface area contributed by atoms with E-state index in [0.717, 1.165) is 60.1 Å². The number of phenols is 1. The SMILES string of the molecule is CC(C)[C@H](NC(=O)[C@@H](CCCCNC(=O)COC1CCCCC/C(N[C@@H]2O[C@H](CO)[C@H](O)[C@H](O)[C@H]2O)=C\1N=N)NC(=O)CCOCCOCCOCCOCCN1C(=O)C=CC1=O)C(=O)N[C@@H](CCCNC(N)=O)C(=O)Nc1ccc(COC(=O)N[C@@H](CO)C(=O)Nc2ccc3c(c2)[C@@]2(C)CCC[C@](C)(C(=O)NC(=O)[C@@]4(C)CCC[C@]5(C)c6cc(O)ccc6CC[C@@H]45)[C@@H]2CC3)cc1. The predicted octanol–water partition coefficient (Wildman–Crippen LogP) is 4.13. The number of unbranched alkanes of at least 4 members (excludes halogenated alkanes) is 1. The Morgan fingerprint density at radius 2 is 1.17 bits per heavy atom. The number of carbonyl (C=O) groups excluding carboxylic acids is 12. The maximum atomic E-state index is 14.9. The van der Waals surface area contributed by atoms with Gasteiger partial charge in [-0.3, -0.25) is 58.2 Å². The molecule has 0 bridgehead atoms. The van der Waals surface area contributed by atoms with Gasteiger partial charge in [-0.2, -0.15) is 5.11 Å². The summed E-state index contributed by atoms with van der Waals surface area (Å²) in [5.74, 6) is -6.03. The first-order chi connectivity index (χ1) is 63.1. The van der Waals surface area contributed by atoms with Crippen molar-refractivity contribution in [3.8, 4) is 5.75 Å². The summed E-state index contributed by atoms with van der Waals surface area (Å²) < 4.78 is 39.4. The fourth-order valence-corrected chi connectivity index (χ4v) is 19.7. The number of aromatic hydroxyl groups is 1. The zero-order valence-electron chi connectivity index (χ0n) is 76.3. The van der Waals surface area contributed by atoms with Crippen LogP contribution in [0.5, 0.6) is 5.75 Å². The number of imide groups is 2. The van der Waals surface area contributed by atoms with E-state index >= 15 is 0 Å². The highest BCUT2D eigenvalue weighted by atomic mass is 16.6. The third-order valence-corrected chi connectivity index (χ3v) is 27.1. The normalized spacial score (nSPS) is 25.9. The minimum Gasteiger partial charge on any atom is -0.508 e. The van der Waals surface area contributed by atoms with Crippen molar-refractivity contribution in [3.05, 3.63) is 112 Å². The average Bonchev–Trinajstić information content (AvgIpc) is 0.733. The van der Waals surface area contributed by atoms with E-state index in [1.807, 2.05) is 38.1 Å². The lowest BCUT2D eigenvalue weighted by molar-refractivity contribution is -0.234. The molecule has 2 saturated carbocycles. The smallest absolute Gasteiger partial charge is 0.408 e. The minimum absolute atomic E-state index is 0.00671. The van der Waals surface area contributed by atoms with Crippen molar-refractivity contribution in [2.45, 2.75) is 255 Å². The van der Waals surface area contributed by atoms with Crippen molar-refractivity contribution in [2.24, 2.45) is 39.4 Å². The van der Waals surface area contributed by atoms with E-state index in [9.17, 15) is 88.2 Å². The molecular formula is C93H134N14O25. The van der Waals surface area contributed by atoms with Gasteiger partial charge in [-0.1, -0.05) is 91.5 Å². The molecule has 19 N–H and O–H groups in total. The molecule has 39 heteroatoms. The summed E-state index contributed by atoms with van der Waals surface area (Å²) >= 11 is 0. The molecule has 1 saturated heterocycles. The zero-order valence-corrected chi connectivity index (χ0v) is 76.3. The van der Waals surface area contributed by atoms with Gasteiger partial charge in [0.15, 0.2) is 6.23 Å². The van der Waals surface area contributed by atoms with Crippen LogP contribution in [0.1, 0.15) is 191 Å². The van der Waals surface area contributed by atoms with E-state index in [1.165, 1.54) is 29.8 Å². The number of benzene rings is 3. The van der Waals surface area contributed by atoms with E-state index in [1.54, 1.807) is 38.1 Å². The van der Waals surface area contributed by atoms with Crippen LogP contribution in [0.25, 0.3) is 0 Å². The number of aliphatic hydroxyl groups excluding tert-OH is 5. The molecule has 13 amide bonds. The molecule has 7 aliphatic rings. The number of allylic oxidation sites excluding steroid dienone is 1. The van der Waals surface area contributed by atoms with Crippen LogP contribution in [0.2, 0.25) is 0 Å². The zero-order chi connectivity index (χ0) is 95.5. The first kappa shape index (κ1) is 104. The number of primary amides is 1. The Balaban J connectivity index is 0.703. The highest BCUT2D eigenvalue weighted by Gasteiger charge is 2.59. The lowest BCUT2D eigenvalue weighted by atomic mass is 9.49. The fraction of sp³-hybridized carbons (Fsp3) is 0.634. The van der Waals surface area contributed by atoms with E-state index in [2.05, 4.69) is 72.1 Å². The van der Waals surface area contributed by atoms with E-state index in [0.29, 0.717) is 74.7 Å². The van der Waals surface area contributed by atoms with Crippen molar-refractivity contribution in [1.82, 2.24) is 47.4 Å². The van der Waals surface area contributed by atoms with Crippen molar-refractivity contribution in [2.75, 3.05) is 103 Å². The molecule has 0 radical (unpaired) electrons. The van der Waals surface area contributed by atoms with Crippen molar-refractivity contribution in [1.29, 1.82) is 5.53 Å². The number of phenolic OH excluding ortho intramolecular Hbond substituents is 1. The lowest BCUT2D eigenvalue weighted by Gasteiger charge is -2.56. The van der Waals surface area contributed by atoms with Gasteiger partial charge in [0.1, 0.15) is 79.3 Å². The highest BCUT2D eigenvalue weighted by molar-refractivity contribution is 6.13. The molecule has 0 spiro atoms.